The average molecular weight is 269 g/mol. The van der Waals surface area contributed by atoms with Gasteiger partial charge in [-0.15, -0.1) is 0 Å². The number of rotatable bonds is 3. The molecule has 0 saturated heterocycles. The molecule has 0 radical (unpaired) electrons. The van der Waals surface area contributed by atoms with Gasteiger partial charge in [-0.2, -0.15) is 5.26 Å². The number of nitrogens with zero attached hydrogens (tertiary/aromatic N) is 2. The summed E-state index contributed by atoms with van der Waals surface area (Å²) in [7, 11) is 0. The Morgan fingerprint density at radius 3 is 2.90 bits per heavy atom. The van der Waals surface area contributed by atoms with Crippen LogP contribution in [0.5, 0.6) is 0 Å². The van der Waals surface area contributed by atoms with Crippen LogP contribution in [0.4, 0.5) is 5.69 Å². The number of aryl methyl sites for hydroxylation is 1. The number of para-hydroxylation sites is 1. The van der Waals surface area contributed by atoms with Crippen molar-refractivity contribution in [3.8, 4) is 6.07 Å². The van der Waals surface area contributed by atoms with E-state index < -0.39 is 0 Å². The fraction of sp³-hybridized carbons (Fsp3) is 0.375. The van der Waals surface area contributed by atoms with Crippen LogP contribution in [0.15, 0.2) is 36.0 Å². The van der Waals surface area contributed by atoms with Crippen molar-refractivity contribution in [1.82, 2.24) is 5.32 Å². The molecule has 1 heterocycles. The van der Waals surface area contributed by atoms with Crippen LogP contribution >= 0.6 is 0 Å². The van der Waals surface area contributed by atoms with Crippen molar-refractivity contribution in [1.29, 1.82) is 5.26 Å². The lowest BCUT2D eigenvalue weighted by Gasteiger charge is -2.28. The van der Waals surface area contributed by atoms with Gasteiger partial charge in [-0.3, -0.25) is 4.79 Å². The molecule has 0 fully saturated rings. The highest BCUT2D eigenvalue weighted by Crippen LogP contribution is 2.27. The zero-order valence-electron chi connectivity index (χ0n) is 11.9. The van der Waals surface area contributed by atoms with E-state index in [-0.39, 0.29) is 17.5 Å². The molecule has 20 heavy (non-hydrogen) atoms. The van der Waals surface area contributed by atoms with Crippen molar-refractivity contribution in [3.05, 3.63) is 41.6 Å². The molecule has 0 atom stereocenters. The van der Waals surface area contributed by atoms with Gasteiger partial charge < -0.3 is 10.2 Å². The van der Waals surface area contributed by atoms with Gasteiger partial charge >= 0.3 is 0 Å². The minimum Gasteiger partial charge on any atom is -0.349 e. The molecule has 4 heteroatoms. The summed E-state index contributed by atoms with van der Waals surface area (Å²) in [5.41, 5.74) is 2.50. The second-order valence-corrected chi connectivity index (χ2v) is 5.21. The van der Waals surface area contributed by atoms with Crippen LogP contribution in [-0.4, -0.2) is 18.5 Å². The molecular weight excluding hydrogens is 250 g/mol. The molecule has 104 valence electrons. The van der Waals surface area contributed by atoms with Crippen LogP contribution in [0.25, 0.3) is 0 Å². The molecular formula is C16H19N3O. The molecule has 1 aromatic rings. The summed E-state index contributed by atoms with van der Waals surface area (Å²) in [4.78, 5) is 13.9. The third kappa shape index (κ3) is 3.18. The zero-order chi connectivity index (χ0) is 14.5. The second-order valence-electron chi connectivity index (χ2n) is 5.21. The SMILES string of the molecule is CC(C)NC(=O)/C(C#N)=C\N1CCCc2ccccc21. The van der Waals surface area contributed by atoms with Crippen molar-refractivity contribution < 1.29 is 4.79 Å². The molecule has 2 rings (SSSR count). The van der Waals surface area contributed by atoms with E-state index in [0.717, 1.165) is 25.1 Å². The lowest BCUT2D eigenvalue weighted by atomic mass is 10.0. The summed E-state index contributed by atoms with van der Waals surface area (Å²) in [5.74, 6) is -0.314. The summed E-state index contributed by atoms with van der Waals surface area (Å²) in [6, 6.07) is 10.1. The first kappa shape index (κ1) is 14.1. The molecule has 1 N–H and O–H groups in total. The van der Waals surface area contributed by atoms with Crippen LogP contribution < -0.4 is 10.2 Å². The van der Waals surface area contributed by atoms with E-state index in [2.05, 4.69) is 11.4 Å². The van der Waals surface area contributed by atoms with E-state index in [1.165, 1.54) is 5.56 Å². The molecule has 0 aliphatic carbocycles. The number of amides is 1. The number of anilines is 1. The Bertz CT molecular complexity index is 569. The van der Waals surface area contributed by atoms with Crippen LogP contribution in [0.1, 0.15) is 25.8 Å². The highest BCUT2D eigenvalue weighted by atomic mass is 16.1. The van der Waals surface area contributed by atoms with E-state index in [0.29, 0.717) is 0 Å². The van der Waals surface area contributed by atoms with Crippen molar-refractivity contribution in [3.63, 3.8) is 0 Å². The summed E-state index contributed by atoms with van der Waals surface area (Å²) in [6.45, 7) is 4.59. The fourth-order valence-corrected chi connectivity index (χ4v) is 2.33. The maximum absolute atomic E-state index is 11.9. The predicted molar refractivity (Wildman–Crippen MR) is 79.1 cm³/mol. The van der Waals surface area contributed by atoms with Gasteiger partial charge in [0.15, 0.2) is 0 Å². The molecule has 0 unspecified atom stereocenters. The van der Waals surface area contributed by atoms with E-state index in [1.807, 2.05) is 43.0 Å². The third-order valence-corrected chi connectivity index (χ3v) is 3.22. The van der Waals surface area contributed by atoms with E-state index in [4.69, 9.17) is 0 Å². The number of nitrogens with one attached hydrogen (secondary N) is 1. The Morgan fingerprint density at radius 2 is 2.20 bits per heavy atom. The minimum atomic E-state index is -0.314. The Kier molecular flexibility index (Phi) is 4.41. The van der Waals surface area contributed by atoms with Crippen LogP contribution in [-0.2, 0) is 11.2 Å². The Labute approximate surface area is 119 Å². The fourth-order valence-electron chi connectivity index (χ4n) is 2.33. The highest BCUT2D eigenvalue weighted by molar-refractivity contribution is 5.97. The summed E-state index contributed by atoms with van der Waals surface area (Å²) in [5, 5.41) is 11.9. The lowest BCUT2D eigenvalue weighted by molar-refractivity contribution is -0.117. The molecule has 0 saturated carbocycles. The van der Waals surface area contributed by atoms with Gasteiger partial charge in [-0.25, -0.2) is 0 Å². The number of hydrogen-bond donors (Lipinski definition) is 1. The second kappa shape index (κ2) is 6.25. The van der Waals surface area contributed by atoms with Crippen LogP contribution in [0.2, 0.25) is 0 Å². The van der Waals surface area contributed by atoms with Gasteiger partial charge in [0.25, 0.3) is 5.91 Å². The standard InChI is InChI=1S/C16H19N3O/c1-12(2)18-16(20)14(10-17)11-19-9-5-7-13-6-3-4-8-15(13)19/h3-4,6,8,11-12H,5,7,9H2,1-2H3,(H,18,20)/b14-11-. The van der Waals surface area contributed by atoms with Gasteiger partial charge in [0.2, 0.25) is 0 Å². The predicted octanol–water partition coefficient (Wildman–Crippen LogP) is 2.37. The zero-order valence-corrected chi connectivity index (χ0v) is 11.9. The minimum absolute atomic E-state index is 0.0212. The van der Waals surface area contributed by atoms with E-state index >= 15 is 0 Å². The number of nitriles is 1. The van der Waals surface area contributed by atoms with Gasteiger partial charge in [0, 0.05) is 24.5 Å². The summed E-state index contributed by atoms with van der Waals surface area (Å²) < 4.78 is 0. The molecule has 0 aromatic heterocycles. The highest BCUT2D eigenvalue weighted by Gasteiger charge is 2.17. The molecule has 1 aromatic carbocycles. The maximum atomic E-state index is 11.9. The van der Waals surface area contributed by atoms with Crippen molar-refractivity contribution in [2.45, 2.75) is 32.7 Å². The first-order chi connectivity index (χ1) is 9.61. The van der Waals surface area contributed by atoms with Crippen molar-refractivity contribution >= 4 is 11.6 Å². The molecule has 1 aliphatic heterocycles. The Balaban J connectivity index is 2.26. The largest absolute Gasteiger partial charge is 0.349 e. The lowest BCUT2D eigenvalue weighted by Crippen LogP contribution is -2.32. The maximum Gasteiger partial charge on any atom is 0.263 e. The van der Waals surface area contributed by atoms with Crippen molar-refractivity contribution in [2.24, 2.45) is 0 Å². The van der Waals surface area contributed by atoms with E-state index in [1.54, 1.807) is 6.20 Å². The normalized spacial score (nSPS) is 14.7. The van der Waals surface area contributed by atoms with E-state index in [9.17, 15) is 10.1 Å². The van der Waals surface area contributed by atoms with Gasteiger partial charge in [-0.1, -0.05) is 18.2 Å². The van der Waals surface area contributed by atoms with Crippen LogP contribution in [0, 0.1) is 11.3 Å². The molecule has 4 nitrogen and oxygen atoms in total. The molecule has 0 spiro atoms. The number of carbonyl (C=O) groups is 1. The molecule has 1 aliphatic rings. The number of fused-ring (bicyclic) bond motifs is 1. The number of carbonyl (C=O) groups excluding carboxylic acids is 1. The van der Waals surface area contributed by atoms with Crippen molar-refractivity contribution in [2.75, 3.05) is 11.4 Å². The first-order valence-electron chi connectivity index (χ1n) is 6.89. The summed E-state index contributed by atoms with van der Waals surface area (Å²) in [6.07, 6.45) is 3.73. The smallest absolute Gasteiger partial charge is 0.263 e. The van der Waals surface area contributed by atoms with Crippen LogP contribution in [0.3, 0.4) is 0 Å². The third-order valence-electron chi connectivity index (χ3n) is 3.22. The summed E-state index contributed by atoms with van der Waals surface area (Å²) >= 11 is 0. The molecule has 1 amide bonds. The quantitative estimate of drug-likeness (QED) is 0.677. The molecule has 0 bridgehead atoms. The van der Waals surface area contributed by atoms with Gasteiger partial charge in [-0.05, 0) is 38.3 Å². The van der Waals surface area contributed by atoms with Gasteiger partial charge in [0.1, 0.15) is 11.6 Å². The average Bonchev–Trinajstić information content (AvgIpc) is 2.44. The van der Waals surface area contributed by atoms with Gasteiger partial charge in [0.05, 0.1) is 0 Å². The monoisotopic (exact) mass is 269 g/mol. The number of hydrogen-bond acceptors (Lipinski definition) is 3. The Morgan fingerprint density at radius 1 is 1.45 bits per heavy atom. The topological polar surface area (TPSA) is 56.1 Å². The first-order valence-corrected chi connectivity index (χ1v) is 6.89. The number of benzene rings is 1. The Hall–Kier alpha value is -2.28.